The molecular weight excluding hydrogens is 232 g/mol. The van der Waals surface area contributed by atoms with E-state index in [0.717, 1.165) is 23.7 Å². The first kappa shape index (κ1) is 17.0. The lowest BCUT2D eigenvalue weighted by atomic mass is 9.72. The highest BCUT2D eigenvalue weighted by Gasteiger charge is 2.34. The van der Waals surface area contributed by atoms with E-state index >= 15 is 0 Å². The van der Waals surface area contributed by atoms with Crippen LogP contribution in [-0.2, 0) is 0 Å². The molecular formula is C17H36N2. The first-order valence-electron chi connectivity index (χ1n) is 8.22. The second-order valence-electron chi connectivity index (χ2n) is 7.53. The zero-order valence-corrected chi connectivity index (χ0v) is 14.2. The Labute approximate surface area is 121 Å². The Hall–Kier alpha value is -0.0800. The largest absolute Gasteiger partial charge is 0.317 e. The van der Waals surface area contributed by atoms with Crippen LogP contribution in [0.5, 0.6) is 0 Å². The first-order valence-corrected chi connectivity index (χ1v) is 8.22. The van der Waals surface area contributed by atoms with E-state index < -0.39 is 0 Å². The fourth-order valence-corrected chi connectivity index (χ4v) is 3.92. The summed E-state index contributed by atoms with van der Waals surface area (Å²) in [6.45, 7) is 13.1. The van der Waals surface area contributed by atoms with Crippen molar-refractivity contribution in [3.05, 3.63) is 0 Å². The Morgan fingerprint density at radius 1 is 1.16 bits per heavy atom. The normalized spacial score (nSPS) is 33.9. The van der Waals surface area contributed by atoms with Gasteiger partial charge in [-0.3, -0.25) is 0 Å². The van der Waals surface area contributed by atoms with Crippen LogP contribution in [0.1, 0.15) is 53.9 Å². The van der Waals surface area contributed by atoms with Crippen LogP contribution in [0.4, 0.5) is 0 Å². The lowest BCUT2D eigenvalue weighted by molar-refractivity contribution is 0.0958. The highest BCUT2D eigenvalue weighted by atomic mass is 15.1. The van der Waals surface area contributed by atoms with Gasteiger partial charge in [-0.2, -0.15) is 0 Å². The Bertz CT molecular complexity index is 252. The van der Waals surface area contributed by atoms with Gasteiger partial charge in [-0.1, -0.05) is 27.7 Å². The second-order valence-corrected chi connectivity index (χ2v) is 7.53. The van der Waals surface area contributed by atoms with Gasteiger partial charge in [-0.15, -0.1) is 0 Å². The molecule has 1 aliphatic rings. The molecule has 0 heterocycles. The summed E-state index contributed by atoms with van der Waals surface area (Å²) in [6.07, 6.45) is 4.05. The van der Waals surface area contributed by atoms with Gasteiger partial charge in [0.15, 0.2) is 0 Å². The minimum Gasteiger partial charge on any atom is -0.317 e. The highest BCUT2D eigenvalue weighted by molar-refractivity contribution is 4.89. The predicted octanol–water partition coefficient (Wildman–Crippen LogP) is 3.62. The monoisotopic (exact) mass is 268 g/mol. The van der Waals surface area contributed by atoms with Crippen molar-refractivity contribution in [1.29, 1.82) is 0 Å². The predicted molar refractivity (Wildman–Crippen MR) is 85.4 cm³/mol. The molecule has 5 atom stereocenters. The van der Waals surface area contributed by atoms with Crippen LogP contribution in [0.15, 0.2) is 0 Å². The van der Waals surface area contributed by atoms with Crippen molar-refractivity contribution in [2.75, 3.05) is 20.6 Å². The number of hydrogen-bond acceptors (Lipinski definition) is 2. The number of rotatable bonds is 6. The Morgan fingerprint density at radius 3 is 2.32 bits per heavy atom. The van der Waals surface area contributed by atoms with Gasteiger partial charge in [0.05, 0.1) is 0 Å². The molecule has 0 aromatic heterocycles. The van der Waals surface area contributed by atoms with Crippen LogP contribution in [0.25, 0.3) is 0 Å². The van der Waals surface area contributed by atoms with E-state index in [9.17, 15) is 0 Å². The molecule has 1 rings (SSSR count). The first-order chi connectivity index (χ1) is 8.85. The van der Waals surface area contributed by atoms with E-state index in [1.807, 2.05) is 0 Å². The SMILES string of the molecule is CNC1CC(C)CC(C)C1CN(C)C(C)CC(C)C. The third-order valence-electron chi connectivity index (χ3n) is 5.11. The van der Waals surface area contributed by atoms with Gasteiger partial charge >= 0.3 is 0 Å². The van der Waals surface area contributed by atoms with Crippen molar-refractivity contribution in [1.82, 2.24) is 10.2 Å². The van der Waals surface area contributed by atoms with E-state index in [0.29, 0.717) is 12.1 Å². The van der Waals surface area contributed by atoms with Crippen molar-refractivity contribution in [2.45, 2.75) is 66.0 Å². The van der Waals surface area contributed by atoms with Crippen molar-refractivity contribution in [3.63, 3.8) is 0 Å². The fourth-order valence-electron chi connectivity index (χ4n) is 3.92. The highest BCUT2D eigenvalue weighted by Crippen LogP contribution is 2.34. The van der Waals surface area contributed by atoms with Crippen LogP contribution < -0.4 is 5.32 Å². The molecule has 2 nitrogen and oxygen atoms in total. The van der Waals surface area contributed by atoms with Gasteiger partial charge in [0.25, 0.3) is 0 Å². The molecule has 1 saturated carbocycles. The molecule has 5 unspecified atom stereocenters. The van der Waals surface area contributed by atoms with E-state index in [1.165, 1.54) is 25.8 Å². The van der Waals surface area contributed by atoms with Gasteiger partial charge in [0, 0.05) is 18.6 Å². The van der Waals surface area contributed by atoms with Crippen molar-refractivity contribution < 1.29 is 0 Å². The minimum absolute atomic E-state index is 0.698. The summed E-state index contributed by atoms with van der Waals surface area (Å²) in [5, 5.41) is 3.57. The van der Waals surface area contributed by atoms with Crippen LogP contribution in [0.2, 0.25) is 0 Å². The maximum Gasteiger partial charge on any atom is 0.0110 e. The fraction of sp³-hybridized carbons (Fsp3) is 1.00. The van der Waals surface area contributed by atoms with Crippen LogP contribution >= 0.6 is 0 Å². The average Bonchev–Trinajstić information content (AvgIpc) is 2.30. The molecule has 0 aliphatic heterocycles. The zero-order valence-electron chi connectivity index (χ0n) is 14.2. The molecule has 0 amide bonds. The van der Waals surface area contributed by atoms with E-state index in [-0.39, 0.29) is 0 Å². The van der Waals surface area contributed by atoms with Crippen molar-refractivity contribution in [2.24, 2.45) is 23.7 Å². The van der Waals surface area contributed by atoms with Gasteiger partial charge in [-0.25, -0.2) is 0 Å². The summed E-state index contributed by atoms with van der Waals surface area (Å²) < 4.78 is 0. The topological polar surface area (TPSA) is 15.3 Å². The molecule has 1 fully saturated rings. The summed E-state index contributed by atoms with van der Waals surface area (Å²) in [4.78, 5) is 2.58. The molecule has 0 aromatic carbocycles. The third kappa shape index (κ3) is 5.07. The second kappa shape index (κ2) is 7.64. The van der Waals surface area contributed by atoms with Gasteiger partial charge in [-0.05, 0) is 64.0 Å². The minimum atomic E-state index is 0.698. The third-order valence-corrected chi connectivity index (χ3v) is 5.11. The Kier molecular flexibility index (Phi) is 6.82. The molecule has 114 valence electrons. The molecule has 0 aromatic rings. The van der Waals surface area contributed by atoms with E-state index in [2.05, 4.69) is 58.9 Å². The quantitative estimate of drug-likeness (QED) is 0.791. The molecule has 0 saturated heterocycles. The van der Waals surface area contributed by atoms with E-state index in [1.54, 1.807) is 0 Å². The van der Waals surface area contributed by atoms with Gasteiger partial charge < -0.3 is 10.2 Å². The summed E-state index contributed by atoms with van der Waals surface area (Å²) >= 11 is 0. The molecule has 0 bridgehead atoms. The Morgan fingerprint density at radius 2 is 1.79 bits per heavy atom. The summed E-state index contributed by atoms with van der Waals surface area (Å²) in [7, 11) is 4.45. The number of hydrogen-bond donors (Lipinski definition) is 1. The number of nitrogens with one attached hydrogen (secondary N) is 1. The molecule has 1 aliphatic carbocycles. The van der Waals surface area contributed by atoms with Crippen molar-refractivity contribution >= 4 is 0 Å². The van der Waals surface area contributed by atoms with Gasteiger partial charge in [0.2, 0.25) is 0 Å². The summed E-state index contributed by atoms with van der Waals surface area (Å²) in [6, 6.07) is 1.40. The maximum atomic E-state index is 3.57. The smallest absolute Gasteiger partial charge is 0.0110 e. The van der Waals surface area contributed by atoms with Crippen LogP contribution in [-0.4, -0.2) is 37.6 Å². The van der Waals surface area contributed by atoms with Crippen LogP contribution in [0, 0.1) is 23.7 Å². The maximum absolute atomic E-state index is 3.57. The molecule has 2 heteroatoms. The lowest BCUT2D eigenvalue weighted by Crippen LogP contribution is -2.48. The number of nitrogens with zero attached hydrogens (tertiary/aromatic N) is 1. The van der Waals surface area contributed by atoms with Crippen molar-refractivity contribution in [3.8, 4) is 0 Å². The summed E-state index contributed by atoms with van der Waals surface area (Å²) in [5.41, 5.74) is 0. The molecule has 1 N–H and O–H groups in total. The lowest BCUT2D eigenvalue weighted by Gasteiger charge is -2.42. The zero-order chi connectivity index (χ0) is 14.6. The molecule has 0 radical (unpaired) electrons. The average molecular weight is 268 g/mol. The molecule has 0 spiro atoms. The van der Waals surface area contributed by atoms with Gasteiger partial charge in [0.1, 0.15) is 0 Å². The van der Waals surface area contributed by atoms with Crippen LogP contribution in [0.3, 0.4) is 0 Å². The van der Waals surface area contributed by atoms with E-state index in [4.69, 9.17) is 0 Å². The molecule has 19 heavy (non-hydrogen) atoms. The summed E-state index contributed by atoms with van der Waals surface area (Å²) in [5.74, 6) is 3.32. The standard InChI is InChI=1S/C17H36N2/c1-12(2)8-15(5)19(7)11-16-14(4)9-13(3)10-17(16)18-6/h12-18H,8-11H2,1-7H3. The Balaban J connectivity index is 2.57.